The third-order valence-electron chi connectivity index (χ3n) is 9.36. The van der Waals surface area contributed by atoms with Crippen molar-refractivity contribution in [1.29, 1.82) is 0 Å². The van der Waals surface area contributed by atoms with Gasteiger partial charge in [0.25, 0.3) is 20.2 Å². The molecule has 0 bridgehead atoms. The van der Waals surface area contributed by atoms with Gasteiger partial charge >= 0.3 is 59.1 Å². The number of rotatable bonds is 12. The molecule has 312 valence electrons. The van der Waals surface area contributed by atoms with E-state index in [1.54, 1.807) is 55.5 Å². The van der Waals surface area contributed by atoms with E-state index >= 15 is 0 Å². The molecule has 6 N–H and O–H groups in total. The number of nitrogens with one attached hydrogen (secondary N) is 2. The number of hydrazine groups is 1. The summed E-state index contributed by atoms with van der Waals surface area (Å²) in [4.78, 5) is 21.9. The van der Waals surface area contributed by atoms with Crippen LogP contribution in [-0.4, -0.2) is 44.2 Å². The van der Waals surface area contributed by atoms with E-state index in [0.29, 0.717) is 27.7 Å². The predicted octanol–water partition coefficient (Wildman–Crippen LogP) is -0.351. The molecule has 19 nitrogen and oxygen atoms in total. The van der Waals surface area contributed by atoms with Gasteiger partial charge in [-0.3, -0.25) is 13.9 Å². The summed E-state index contributed by atoms with van der Waals surface area (Å²) in [5, 5.41) is 41.5. The van der Waals surface area contributed by atoms with Gasteiger partial charge in [-0.25, -0.2) is 9.98 Å². The minimum Gasteiger partial charge on any atom is -0.872 e. The van der Waals surface area contributed by atoms with Gasteiger partial charge in [0.05, 0.1) is 40.4 Å². The summed E-state index contributed by atoms with van der Waals surface area (Å²) in [5.41, 5.74) is 12.3. The van der Waals surface area contributed by atoms with E-state index in [1.165, 1.54) is 42.5 Å². The molecule has 6 aromatic rings. The maximum Gasteiger partial charge on any atom is 1.00 e. The Morgan fingerprint density at radius 1 is 0.781 bits per heavy atom. The van der Waals surface area contributed by atoms with E-state index < -0.39 is 53.0 Å². The number of amidine groups is 1. The molecule has 0 saturated carbocycles. The van der Waals surface area contributed by atoms with E-state index in [0.717, 1.165) is 18.2 Å². The van der Waals surface area contributed by atoms with Crippen molar-refractivity contribution in [2.24, 2.45) is 30.4 Å². The predicted molar refractivity (Wildman–Crippen MR) is 224 cm³/mol. The molecule has 2 aliphatic rings. The number of aliphatic imine (C=N–C) groups is 1. The molecule has 0 saturated heterocycles. The Kier molecular flexibility index (Phi) is 14.2. The first-order valence-corrected chi connectivity index (χ1v) is 21.1. The SMILES string of the molecule is CCOc1cc(N=Nc2ccc(N)c(S(=O)(=O)O)c2)c2ccccc2c1N=NC1=C(S(=O)(=O)O)C=c2c(ccc3c2=NC(c2cccc(NNc4ccc([O-])cc4[O-])c2)=N3)C1=O.[Na+].[Na+]. The Morgan fingerprint density at radius 3 is 2.27 bits per heavy atom. The number of ether oxygens (including phenoxy) is 1. The number of nitrogens with two attached hydrogens (primary N) is 1. The smallest absolute Gasteiger partial charge is 0.872 e. The summed E-state index contributed by atoms with van der Waals surface area (Å²) in [6, 6.07) is 25.2. The summed E-state index contributed by atoms with van der Waals surface area (Å²) >= 11 is 0. The number of hydrogen-bond donors (Lipinski definition) is 5. The molecule has 1 heterocycles. The first-order chi connectivity index (χ1) is 29.6. The number of carbonyl (C=O) groups excluding carboxylic acids is 1. The van der Waals surface area contributed by atoms with Gasteiger partial charge in [0, 0.05) is 38.9 Å². The Hall–Kier alpha value is -5.85. The van der Waals surface area contributed by atoms with Gasteiger partial charge in [-0.05, 0) is 61.5 Å². The minimum absolute atomic E-state index is 0. The van der Waals surface area contributed by atoms with Crippen LogP contribution >= 0.6 is 0 Å². The van der Waals surface area contributed by atoms with Crippen molar-refractivity contribution in [2.75, 3.05) is 23.2 Å². The van der Waals surface area contributed by atoms with Gasteiger partial charge in [-0.15, -0.1) is 21.1 Å². The first-order valence-electron chi connectivity index (χ1n) is 18.2. The summed E-state index contributed by atoms with van der Waals surface area (Å²) < 4.78 is 75.2. The molecule has 0 radical (unpaired) electrons. The normalized spacial score (nSPS) is 13.4. The van der Waals surface area contributed by atoms with Crippen molar-refractivity contribution < 1.29 is 105 Å². The molecule has 1 aliphatic carbocycles. The van der Waals surface area contributed by atoms with Crippen molar-refractivity contribution in [3.05, 3.63) is 135 Å². The van der Waals surface area contributed by atoms with Crippen molar-refractivity contribution in [3.8, 4) is 17.2 Å². The first kappa shape index (κ1) is 47.6. The van der Waals surface area contributed by atoms with Gasteiger partial charge in [-0.1, -0.05) is 54.3 Å². The van der Waals surface area contributed by atoms with E-state index in [4.69, 9.17) is 10.5 Å². The molecule has 0 aromatic heterocycles. The van der Waals surface area contributed by atoms with Crippen LogP contribution in [0.4, 0.5) is 39.8 Å². The molecule has 64 heavy (non-hydrogen) atoms. The van der Waals surface area contributed by atoms with Crippen molar-refractivity contribution >= 4 is 88.5 Å². The van der Waals surface area contributed by atoms with Crippen molar-refractivity contribution in [3.63, 3.8) is 0 Å². The van der Waals surface area contributed by atoms with Crippen LogP contribution in [0.5, 0.6) is 17.2 Å². The van der Waals surface area contributed by atoms with Gasteiger partial charge in [0.15, 0.2) is 11.5 Å². The topological polar surface area (TPSA) is 305 Å². The zero-order valence-corrected chi connectivity index (χ0v) is 39.5. The van der Waals surface area contributed by atoms with Gasteiger partial charge in [0.2, 0.25) is 5.78 Å². The van der Waals surface area contributed by atoms with Crippen LogP contribution in [0.15, 0.2) is 149 Å². The monoisotopic (exact) mass is 917 g/mol. The summed E-state index contributed by atoms with van der Waals surface area (Å²) in [6.45, 7) is 1.83. The van der Waals surface area contributed by atoms with Crippen LogP contribution in [0.3, 0.4) is 0 Å². The molecular formula is C41H29N9Na2O10S2. The number of hydrogen-bond acceptors (Lipinski definition) is 17. The van der Waals surface area contributed by atoms with Crippen LogP contribution in [0.2, 0.25) is 0 Å². The van der Waals surface area contributed by atoms with E-state index in [2.05, 4.69) is 41.3 Å². The Balaban J connectivity index is 0.00000340. The van der Waals surface area contributed by atoms with Crippen LogP contribution in [0.1, 0.15) is 22.8 Å². The summed E-state index contributed by atoms with van der Waals surface area (Å²) in [5.74, 6) is -1.48. The number of benzene rings is 6. The van der Waals surface area contributed by atoms with Gasteiger partial charge in [0.1, 0.15) is 21.2 Å². The molecule has 0 unspecified atom stereocenters. The molecule has 0 amide bonds. The van der Waals surface area contributed by atoms with Crippen LogP contribution in [-0.2, 0) is 20.2 Å². The number of fused-ring (bicyclic) bond motifs is 4. The number of carbonyl (C=O) groups is 1. The van der Waals surface area contributed by atoms with Gasteiger partial charge in [-0.2, -0.15) is 21.9 Å². The fourth-order valence-corrected chi connectivity index (χ4v) is 7.80. The maximum atomic E-state index is 14.1. The quantitative estimate of drug-likeness (QED) is 0.0345. The average Bonchev–Trinajstić information content (AvgIpc) is 3.68. The Bertz CT molecular complexity index is 3400. The molecule has 1 aliphatic heterocycles. The zero-order valence-electron chi connectivity index (χ0n) is 33.8. The maximum absolute atomic E-state index is 14.1. The second-order valence-corrected chi connectivity index (χ2v) is 16.2. The Labute approximate surface area is 408 Å². The third-order valence-corrected chi connectivity index (χ3v) is 11.1. The van der Waals surface area contributed by atoms with Crippen LogP contribution in [0, 0.1) is 0 Å². The third kappa shape index (κ3) is 9.78. The molecule has 0 fully saturated rings. The van der Waals surface area contributed by atoms with E-state index in [9.17, 15) is 40.9 Å². The molecule has 0 spiro atoms. The zero-order chi connectivity index (χ0) is 43.9. The fraction of sp³-hybridized carbons (Fsp3) is 0.0488. The number of allylic oxidation sites excluding steroid dienone is 2. The van der Waals surface area contributed by atoms with Gasteiger partial charge < -0.3 is 31.5 Å². The molecular weight excluding hydrogens is 889 g/mol. The molecule has 8 rings (SSSR count). The van der Waals surface area contributed by atoms with Crippen LogP contribution in [0.25, 0.3) is 16.8 Å². The second-order valence-electron chi connectivity index (χ2n) is 13.4. The summed E-state index contributed by atoms with van der Waals surface area (Å²) in [6.07, 6.45) is 1.08. The largest absolute Gasteiger partial charge is 1.00 e. The van der Waals surface area contributed by atoms with Crippen molar-refractivity contribution in [2.45, 2.75) is 11.8 Å². The second kappa shape index (κ2) is 19.1. The summed E-state index contributed by atoms with van der Waals surface area (Å²) in [7, 11) is -9.75. The van der Waals surface area contributed by atoms with E-state index in [-0.39, 0.29) is 122 Å². The molecule has 6 aromatic carbocycles. The van der Waals surface area contributed by atoms with Crippen LogP contribution < -0.4 is 101 Å². The number of anilines is 3. The molecule has 0 atom stereocenters. The number of nitrogen functional groups attached to an aromatic ring is 1. The van der Waals surface area contributed by atoms with E-state index in [1.807, 2.05) is 0 Å². The number of nitrogens with zero attached hydrogens (tertiary/aromatic N) is 6. The standard InChI is InChI=1S/C41H31N9O10S2.2Na/c1-2-60-34-20-32(48-46-23-10-13-29(42)35(17-23)61(54,55)56)25-8-3-4-9-26(25)38(34)49-50-39-36(62(57,58)59)19-28-27(40(39)53)12-15-31-37(28)44-41(43-31)21-6-5-7-22(16-21)45-47-30-14-11-24(51)18-33(30)52;;/h3-20,45,47,51-52H,2,42H2,1H3,(H,54,55,56)(H,57,58,59);;/q;2*+1/p-2. The number of ketones is 1. The Morgan fingerprint density at radius 2 is 1.55 bits per heavy atom. The number of Topliss-reactive ketones (excluding diaryl/α,β-unsaturated/α-hetero) is 1. The number of azo groups is 2. The molecule has 23 heteroatoms. The fourth-order valence-electron chi connectivity index (χ4n) is 6.52. The average molecular weight is 918 g/mol. The van der Waals surface area contributed by atoms with Crippen molar-refractivity contribution in [1.82, 2.24) is 0 Å². The minimum atomic E-state index is -5.10.